The van der Waals surface area contributed by atoms with Crippen LogP contribution >= 0.6 is 0 Å². The number of amides is 2. The molecule has 0 radical (unpaired) electrons. The Hall–Kier alpha value is -4.50. The van der Waals surface area contributed by atoms with E-state index in [2.05, 4.69) is 35.0 Å². The van der Waals surface area contributed by atoms with Crippen molar-refractivity contribution in [2.45, 2.75) is 65.1 Å². The molecule has 0 saturated heterocycles. The lowest BCUT2D eigenvalue weighted by atomic mass is 9.85. The monoisotopic (exact) mass is 688 g/mol. The van der Waals surface area contributed by atoms with Crippen LogP contribution < -0.4 is 24.8 Å². The Kier molecular flexibility index (Phi) is 10.2. The summed E-state index contributed by atoms with van der Waals surface area (Å²) < 4.78 is 38.8. The van der Waals surface area contributed by atoms with Gasteiger partial charge in [-0.3, -0.25) is 9.11 Å². The summed E-state index contributed by atoms with van der Waals surface area (Å²) in [6, 6.07) is 14.2. The van der Waals surface area contributed by atoms with Gasteiger partial charge in [0.05, 0.1) is 19.3 Å². The molecule has 1 aliphatic carbocycles. The highest BCUT2D eigenvalue weighted by atomic mass is 32.2. The third kappa shape index (κ3) is 7.88. The number of nitrogens with zero attached hydrogens (tertiary/aromatic N) is 4. The number of aromatic hydroxyl groups is 1. The molecule has 1 aromatic heterocycles. The topological polar surface area (TPSA) is 166 Å². The molecular weight excluding hydrogens is 646 g/mol. The second-order valence-corrected chi connectivity index (χ2v) is 14.0. The van der Waals surface area contributed by atoms with Crippen molar-refractivity contribution >= 4 is 28.7 Å². The van der Waals surface area contributed by atoms with E-state index in [1.807, 2.05) is 51.1 Å². The molecule has 49 heavy (non-hydrogen) atoms. The normalized spacial score (nSPS) is 15.0. The highest BCUT2D eigenvalue weighted by Crippen LogP contribution is 2.38. The lowest BCUT2D eigenvalue weighted by Crippen LogP contribution is -2.36. The number of aromatic nitrogens is 3. The molecular formula is C35H42N7O6S-. The first-order valence-electron chi connectivity index (χ1n) is 16.3. The lowest BCUT2D eigenvalue weighted by molar-refractivity contribution is 0.174. The Morgan fingerprint density at radius 3 is 2.59 bits per heavy atom. The maximum Gasteiger partial charge on any atom is 0.323 e. The van der Waals surface area contributed by atoms with Gasteiger partial charge < -0.3 is 34.3 Å². The standard InChI is InChI=1S/C35H43N7O6S/c1-35(2,3)24-17-23(20-36-49(45)46)32(47-4)29(19-24)38-34(44)37-28-11-12-30(27-10-6-9-26(27)28)48-16-15-41-13-14-42-31(21-41)39-40-33(42)22-7-5-8-25(43)18-22/h5,7-8,11-12,17-19,36,43H,6,9-10,13-16,20-21H2,1-4H3,(H,45,46)(H2,37,38,44)/p-1. The van der Waals surface area contributed by atoms with Crippen LogP contribution in [0.1, 0.15) is 55.3 Å². The van der Waals surface area contributed by atoms with Gasteiger partial charge in [0.1, 0.15) is 29.7 Å². The van der Waals surface area contributed by atoms with Crippen molar-refractivity contribution in [3.8, 4) is 28.6 Å². The molecule has 1 unspecified atom stereocenters. The van der Waals surface area contributed by atoms with Crippen molar-refractivity contribution in [3.05, 3.63) is 76.6 Å². The van der Waals surface area contributed by atoms with Gasteiger partial charge in [0.25, 0.3) is 0 Å². The van der Waals surface area contributed by atoms with Gasteiger partial charge in [0.15, 0.2) is 5.82 Å². The van der Waals surface area contributed by atoms with Gasteiger partial charge in [-0.2, -0.15) is 0 Å². The van der Waals surface area contributed by atoms with Gasteiger partial charge in [-0.1, -0.05) is 39.0 Å². The zero-order valence-electron chi connectivity index (χ0n) is 28.2. The molecule has 260 valence electrons. The second-order valence-electron chi connectivity index (χ2n) is 13.3. The summed E-state index contributed by atoms with van der Waals surface area (Å²) in [5, 5.41) is 24.6. The van der Waals surface area contributed by atoms with Gasteiger partial charge >= 0.3 is 6.03 Å². The summed E-state index contributed by atoms with van der Waals surface area (Å²) in [5.74, 6) is 3.06. The number of nitrogens with one attached hydrogen (secondary N) is 3. The predicted molar refractivity (Wildman–Crippen MR) is 186 cm³/mol. The van der Waals surface area contributed by atoms with Crippen molar-refractivity contribution in [1.82, 2.24) is 24.4 Å². The number of phenolic OH excluding ortho intramolecular Hbond substituents is 1. The Morgan fingerprint density at radius 2 is 1.84 bits per heavy atom. The van der Waals surface area contributed by atoms with Crippen molar-refractivity contribution in [3.63, 3.8) is 0 Å². The zero-order chi connectivity index (χ0) is 34.7. The van der Waals surface area contributed by atoms with Crippen molar-refractivity contribution in [1.29, 1.82) is 0 Å². The second kappa shape index (κ2) is 14.5. The molecule has 6 rings (SSSR count). The molecule has 1 aliphatic heterocycles. The largest absolute Gasteiger partial charge is 0.760 e. The molecule has 14 heteroatoms. The van der Waals surface area contributed by atoms with Crippen molar-refractivity contribution < 1.29 is 28.1 Å². The third-order valence-corrected chi connectivity index (χ3v) is 9.34. The Balaban J connectivity index is 1.09. The van der Waals surface area contributed by atoms with Crippen LogP contribution in [0.3, 0.4) is 0 Å². The first-order chi connectivity index (χ1) is 23.5. The molecule has 0 bridgehead atoms. The van der Waals surface area contributed by atoms with Crippen molar-refractivity contribution in [2.24, 2.45) is 0 Å². The number of urea groups is 1. The zero-order valence-corrected chi connectivity index (χ0v) is 29.0. The van der Waals surface area contributed by atoms with E-state index >= 15 is 0 Å². The molecule has 4 N–H and O–H groups in total. The maximum atomic E-state index is 13.4. The fourth-order valence-corrected chi connectivity index (χ4v) is 6.74. The number of methoxy groups -OCH3 is 1. The highest BCUT2D eigenvalue weighted by Gasteiger charge is 2.25. The fraction of sp³-hybridized carbons (Fsp3) is 0.400. The summed E-state index contributed by atoms with van der Waals surface area (Å²) >= 11 is -2.45. The van der Waals surface area contributed by atoms with Crippen LogP contribution in [0.5, 0.6) is 17.2 Å². The van der Waals surface area contributed by atoms with Crippen LogP contribution in [-0.4, -0.2) is 66.4 Å². The average Bonchev–Trinajstić information content (AvgIpc) is 3.72. The van der Waals surface area contributed by atoms with E-state index < -0.39 is 17.3 Å². The first kappa shape index (κ1) is 34.4. The SMILES string of the molecule is COc1c(CNS(=O)[O-])cc(C(C)(C)C)cc1NC(=O)Nc1ccc(OCCN2CCn3c(nnc3-c3cccc(O)c3)C2)c2c1CCC2. The van der Waals surface area contributed by atoms with E-state index in [0.29, 0.717) is 30.2 Å². The minimum Gasteiger partial charge on any atom is -0.760 e. The quantitative estimate of drug-likeness (QED) is 0.161. The van der Waals surface area contributed by atoms with Crippen LogP contribution in [0, 0.1) is 0 Å². The van der Waals surface area contributed by atoms with Crippen LogP contribution in [-0.2, 0) is 49.2 Å². The van der Waals surface area contributed by atoms with Gasteiger partial charge in [-0.05, 0) is 71.7 Å². The fourth-order valence-electron chi connectivity index (χ4n) is 6.47. The molecule has 1 atom stereocenters. The van der Waals surface area contributed by atoms with E-state index in [9.17, 15) is 18.7 Å². The molecule has 0 spiro atoms. The average molecular weight is 689 g/mol. The predicted octanol–water partition coefficient (Wildman–Crippen LogP) is 4.87. The molecule has 13 nitrogen and oxygen atoms in total. The number of benzene rings is 3. The minimum atomic E-state index is -2.45. The van der Waals surface area contributed by atoms with E-state index in [-0.39, 0.29) is 17.7 Å². The summed E-state index contributed by atoms with van der Waals surface area (Å²) in [7, 11) is 1.49. The van der Waals surface area contributed by atoms with Gasteiger partial charge in [-0.15, -0.1) is 10.2 Å². The molecule has 0 fully saturated rings. The van der Waals surface area contributed by atoms with Crippen molar-refractivity contribution in [2.75, 3.05) is 37.4 Å². The number of carbonyl (C=O) groups is 1. The molecule has 2 aliphatic rings. The first-order valence-corrected chi connectivity index (χ1v) is 17.4. The summed E-state index contributed by atoms with van der Waals surface area (Å²) in [6.45, 7) is 9.62. The molecule has 2 amide bonds. The number of anilines is 2. The number of hydrogen-bond acceptors (Lipinski definition) is 9. The molecule has 3 aromatic carbocycles. The summed E-state index contributed by atoms with van der Waals surface area (Å²) in [6.07, 6.45) is 2.66. The van der Waals surface area contributed by atoms with E-state index in [1.165, 1.54) is 7.11 Å². The van der Waals surface area contributed by atoms with Crippen LogP contribution in [0.15, 0.2) is 48.5 Å². The maximum absolute atomic E-state index is 13.4. The minimum absolute atomic E-state index is 0.0230. The molecule has 4 aromatic rings. The van der Waals surface area contributed by atoms with Crippen LogP contribution in [0.4, 0.5) is 16.2 Å². The number of fused-ring (bicyclic) bond motifs is 2. The number of carbonyl (C=O) groups excluding carboxylic acids is 1. The van der Waals surface area contributed by atoms with Gasteiger partial charge in [0.2, 0.25) is 0 Å². The van der Waals surface area contributed by atoms with E-state index in [1.54, 1.807) is 18.2 Å². The van der Waals surface area contributed by atoms with Crippen LogP contribution in [0.2, 0.25) is 0 Å². The van der Waals surface area contributed by atoms with Gasteiger partial charge in [0, 0.05) is 54.3 Å². The van der Waals surface area contributed by atoms with Gasteiger partial charge in [-0.25, -0.2) is 9.52 Å². The molecule has 2 heterocycles. The third-order valence-electron chi connectivity index (χ3n) is 8.96. The summed E-state index contributed by atoms with van der Waals surface area (Å²) in [4.78, 5) is 15.6. The van der Waals surface area contributed by atoms with Crippen LogP contribution in [0.25, 0.3) is 11.4 Å². The van der Waals surface area contributed by atoms with E-state index in [4.69, 9.17) is 9.47 Å². The molecule has 0 saturated carbocycles. The summed E-state index contributed by atoms with van der Waals surface area (Å²) in [5.41, 5.74) is 5.47. The lowest BCUT2D eigenvalue weighted by Gasteiger charge is -2.27. The Labute approximate surface area is 288 Å². The number of hydrogen-bond donors (Lipinski definition) is 4. The smallest absolute Gasteiger partial charge is 0.323 e. The number of ether oxygens (including phenoxy) is 2. The Morgan fingerprint density at radius 1 is 1.04 bits per heavy atom. The highest BCUT2D eigenvalue weighted by molar-refractivity contribution is 7.77. The number of rotatable bonds is 11. The number of phenols is 1. The van der Waals surface area contributed by atoms with E-state index in [0.717, 1.165) is 84.2 Å². The Bertz CT molecular complexity index is 1870.